The fraction of sp³-hybridized carbons (Fsp3) is 1.00. The summed E-state index contributed by atoms with van der Waals surface area (Å²) >= 11 is 0. The SMILES string of the molecule is CC(C)(C)C1O[B]OC1C(C)(C)C. The van der Waals surface area contributed by atoms with Gasteiger partial charge in [0, 0.05) is 0 Å². The van der Waals surface area contributed by atoms with Crippen LogP contribution in [0.25, 0.3) is 0 Å². The molecule has 0 aliphatic carbocycles. The molecule has 0 spiro atoms. The first-order valence-electron chi connectivity index (χ1n) is 4.85. The molecule has 0 aromatic rings. The van der Waals surface area contributed by atoms with Crippen LogP contribution in [0.15, 0.2) is 0 Å². The molecule has 0 bridgehead atoms. The van der Waals surface area contributed by atoms with E-state index in [-0.39, 0.29) is 23.0 Å². The maximum atomic E-state index is 5.51. The molecular weight excluding hydrogens is 163 g/mol. The highest BCUT2D eigenvalue weighted by Gasteiger charge is 2.44. The van der Waals surface area contributed by atoms with E-state index in [0.717, 1.165) is 0 Å². The molecular formula is C10H20BO2. The molecule has 0 aromatic heterocycles. The summed E-state index contributed by atoms with van der Waals surface area (Å²) in [5.74, 6) is 0. The first-order chi connectivity index (χ1) is 5.73. The minimum absolute atomic E-state index is 0.130. The van der Waals surface area contributed by atoms with Crippen LogP contribution >= 0.6 is 0 Å². The Labute approximate surface area is 82.3 Å². The first-order valence-corrected chi connectivity index (χ1v) is 4.85. The zero-order valence-corrected chi connectivity index (χ0v) is 9.55. The lowest BCUT2D eigenvalue weighted by Gasteiger charge is -2.37. The predicted molar refractivity (Wildman–Crippen MR) is 54.4 cm³/mol. The van der Waals surface area contributed by atoms with Crippen molar-refractivity contribution in [3.05, 3.63) is 0 Å². The van der Waals surface area contributed by atoms with Gasteiger partial charge < -0.3 is 9.31 Å². The molecule has 1 rings (SSSR count). The van der Waals surface area contributed by atoms with Crippen LogP contribution < -0.4 is 0 Å². The normalized spacial score (nSPS) is 30.3. The van der Waals surface area contributed by atoms with Crippen molar-refractivity contribution in [1.29, 1.82) is 0 Å². The van der Waals surface area contributed by atoms with Gasteiger partial charge in [0.05, 0.1) is 12.2 Å². The molecule has 75 valence electrons. The second-order valence-corrected chi connectivity index (χ2v) is 5.94. The van der Waals surface area contributed by atoms with Gasteiger partial charge in [-0.15, -0.1) is 0 Å². The summed E-state index contributed by atoms with van der Waals surface area (Å²) in [5, 5.41) is 0. The van der Waals surface area contributed by atoms with Gasteiger partial charge in [-0.2, -0.15) is 0 Å². The molecule has 0 N–H and O–H groups in total. The number of hydrogen-bond acceptors (Lipinski definition) is 2. The van der Waals surface area contributed by atoms with Gasteiger partial charge in [0.1, 0.15) is 0 Å². The van der Waals surface area contributed by atoms with E-state index in [1.807, 2.05) is 0 Å². The maximum Gasteiger partial charge on any atom is 0.488 e. The van der Waals surface area contributed by atoms with Crippen LogP contribution in [0.3, 0.4) is 0 Å². The second kappa shape index (κ2) is 3.28. The van der Waals surface area contributed by atoms with Gasteiger partial charge in [0.2, 0.25) is 0 Å². The molecule has 1 fully saturated rings. The molecule has 0 aromatic carbocycles. The van der Waals surface area contributed by atoms with E-state index in [4.69, 9.17) is 9.31 Å². The Bertz CT molecular complexity index is 158. The molecule has 0 amide bonds. The van der Waals surface area contributed by atoms with E-state index in [1.54, 1.807) is 0 Å². The van der Waals surface area contributed by atoms with Gasteiger partial charge in [-0.1, -0.05) is 41.5 Å². The summed E-state index contributed by atoms with van der Waals surface area (Å²) in [6, 6.07) is 0. The summed E-state index contributed by atoms with van der Waals surface area (Å²) in [6.45, 7) is 13.1. The fourth-order valence-electron chi connectivity index (χ4n) is 1.61. The maximum absolute atomic E-state index is 5.51. The molecule has 2 atom stereocenters. The lowest BCUT2D eigenvalue weighted by molar-refractivity contribution is 0.000876. The minimum atomic E-state index is 0.130. The molecule has 2 nitrogen and oxygen atoms in total. The van der Waals surface area contributed by atoms with E-state index in [0.29, 0.717) is 0 Å². The lowest BCUT2D eigenvalue weighted by atomic mass is 9.76. The van der Waals surface area contributed by atoms with Crippen molar-refractivity contribution in [2.24, 2.45) is 10.8 Å². The summed E-state index contributed by atoms with van der Waals surface area (Å²) < 4.78 is 11.0. The van der Waals surface area contributed by atoms with E-state index in [9.17, 15) is 0 Å². The third-order valence-electron chi connectivity index (χ3n) is 2.39. The number of hydrogen-bond donors (Lipinski definition) is 0. The fourth-order valence-corrected chi connectivity index (χ4v) is 1.61. The molecule has 1 radical (unpaired) electrons. The van der Waals surface area contributed by atoms with Crippen LogP contribution in [0.2, 0.25) is 0 Å². The quantitative estimate of drug-likeness (QED) is 0.537. The highest BCUT2D eigenvalue weighted by atomic mass is 16.6. The lowest BCUT2D eigenvalue weighted by Crippen LogP contribution is -2.42. The Morgan fingerprint density at radius 1 is 0.769 bits per heavy atom. The van der Waals surface area contributed by atoms with Crippen molar-refractivity contribution in [2.75, 3.05) is 0 Å². The van der Waals surface area contributed by atoms with Crippen molar-refractivity contribution in [3.8, 4) is 0 Å². The van der Waals surface area contributed by atoms with Crippen LogP contribution in [0.5, 0.6) is 0 Å². The van der Waals surface area contributed by atoms with Crippen molar-refractivity contribution in [2.45, 2.75) is 53.8 Å². The Hall–Kier alpha value is -0.0151. The average Bonchev–Trinajstić information content (AvgIpc) is 2.27. The Morgan fingerprint density at radius 2 is 1.08 bits per heavy atom. The Balaban J connectivity index is 2.76. The zero-order chi connectivity index (χ0) is 10.3. The monoisotopic (exact) mass is 183 g/mol. The molecule has 3 heteroatoms. The minimum Gasteiger partial charge on any atom is -0.407 e. The average molecular weight is 183 g/mol. The van der Waals surface area contributed by atoms with Crippen LogP contribution in [-0.2, 0) is 9.31 Å². The van der Waals surface area contributed by atoms with Gasteiger partial charge in [-0.3, -0.25) is 0 Å². The van der Waals surface area contributed by atoms with Crippen molar-refractivity contribution >= 4 is 7.69 Å². The largest absolute Gasteiger partial charge is 0.488 e. The second-order valence-electron chi connectivity index (χ2n) is 5.94. The molecule has 1 heterocycles. The van der Waals surface area contributed by atoms with Gasteiger partial charge in [-0.25, -0.2) is 0 Å². The smallest absolute Gasteiger partial charge is 0.407 e. The van der Waals surface area contributed by atoms with Gasteiger partial charge in [-0.05, 0) is 10.8 Å². The summed E-state index contributed by atoms with van der Waals surface area (Å²) in [4.78, 5) is 0. The molecule has 13 heavy (non-hydrogen) atoms. The number of rotatable bonds is 0. The highest BCUT2D eigenvalue weighted by Crippen LogP contribution is 2.37. The molecule has 1 aliphatic heterocycles. The first kappa shape index (κ1) is 11.1. The molecule has 1 saturated heterocycles. The van der Waals surface area contributed by atoms with E-state index >= 15 is 0 Å². The van der Waals surface area contributed by atoms with Gasteiger partial charge in [0.25, 0.3) is 0 Å². The van der Waals surface area contributed by atoms with Crippen LogP contribution in [-0.4, -0.2) is 19.9 Å². The van der Waals surface area contributed by atoms with E-state index in [1.165, 1.54) is 7.69 Å². The van der Waals surface area contributed by atoms with Crippen molar-refractivity contribution in [3.63, 3.8) is 0 Å². The standard InChI is InChI=1S/C10H20BO2/c1-9(2,3)7-8(10(4,5)6)13-11-12-7/h7-8H,1-6H3. The van der Waals surface area contributed by atoms with Crippen LogP contribution in [0.4, 0.5) is 0 Å². The third kappa shape index (κ3) is 2.47. The van der Waals surface area contributed by atoms with Crippen molar-refractivity contribution < 1.29 is 9.31 Å². The Kier molecular flexibility index (Phi) is 2.79. The highest BCUT2D eigenvalue weighted by molar-refractivity contribution is 6.19. The van der Waals surface area contributed by atoms with Crippen molar-refractivity contribution in [1.82, 2.24) is 0 Å². The van der Waals surface area contributed by atoms with E-state index in [2.05, 4.69) is 41.5 Å². The zero-order valence-electron chi connectivity index (χ0n) is 9.55. The molecule has 0 saturated carbocycles. The molecule has 2 unspecified atom stereocenters. The Morgan fingerprint density at radius 3 is 1.31 bits per heavy atom. The van der Waals surface area contributed by atoms with E-state index < -0.39 is 0 Å². The molecule has 1 aliphatic rings. The van der Waals surface area contributed by atoms with Gasteiger partial charge in [0.15, 0.2) is 0 Å². The predicted octanol–water partition coefficient (Wildman–Crippen LogP) is 2.40. The third-order valence-corrected chi connectivity index (χ3v) is 2.39. The summed E-state index contributed by atoms with van der Waals surface area (Å²) in [5.41, 5.74) is 0.260. The van der Waals surface area contributed by atoms with Crippen LogP contribution in [0, 0.1) is 10.8 Å². The van der Waals surface area contributed by atoms with Crippen LogP contribution in [0.1, 0.15) is 41.5 Å². The summed E-state index contributed by atoms with van der Waals surface area (Å²) in [6.07, 6.45) is 0.319. The van der Waals surface area contributed by atoms with Gasteiger partial charge >= 0.3 is 7.69 Å². The summed E-state index contributed by atoms with van der Waals surface area (Å²) in [7, 11) is 1.49. The topological polar surface area (TPSA) is 18.5 Å².